The van der Waals surface area contributed by atoms with Gasteiger partial charge in [-0.25, -0.2) is 0 Å². The van der Waals surface area contributed by atoms with Crippen LogP contribution in [-0.2, 0) is 20.7 Å². The van der Waals surface area contributed by atoms with E-state index in [1.165, 1.54) is 0 Å². The lowest BCUT2D eigenvalue weighted by atomic mass is 9.73. The van der Waals surface area contributed by atoms with Crippen molar-refractivity contribution in [1.82, 2.24) is 4.90 Å². The second-order valence-corrected chi connectivity index (χ2v) is 7.32. The predicted octanol–water partition coefficient (Wildman–Crippen LogP) is 2.89. The van der Waals surface area contributed by atoms with Gasteiger partial charge in [-0.05, 0) is 41.7 Å². The van der Waals surface area contributed by atoms with E-state index in [9.17, 15) is 4.79 Å². The van der Waals surface area contributed by atoms with Crippen LogP contribution in [0.1, 0.15) is 24.8 Å². The molecule has 1 aromatic rings. The fourth-order valence-corrected chi connectivity index (χ4v) is 4.41. The van der Waals surface area contributed by atoms with Crippen molar-refractivity contribution >= 4 is 17.2 Å². The van der Waals surface area contributed by atoms with Gasteiger partial charge in [0.1, 0.15) is 0 Å². The molecule has 0 bridgehead atoms. The molecule has 3 rings (SSSR count). The number of carbonyl (C=O) groups is 1. The standard InChI is InChI=1S/C18H25NO3S/c1-2-8-21-14-18-6-3-9-22-16(18)4-7-19(13-18)17(20)11-15-5-10-23-12-15/h2,5,10,12,16H,1,3-4,6-9,11,13-14H2. The lowest BCUT2D eigenvalue weighted by Crippen LogP contribution is -2.58. The van der Waals surface area contributed by atoms with Gasteiger partial charge in [-0.3, -0.25) is 4.79 Å². The van der Waals surface area contributed by atoms with Crippen molar-refractivity contribution in [2.75, 3.05) is 32.9 Å². The van der Waals surface area contributed by atoms with E-state index in [0.717, 1.165) is 44.5 Å². The van der Waals surface area contributed by atoms with Crippen molar-refractivity contribution in [3.63, 3.8) is 0 Å². The van der Waals surface area contributed by atoms with E-state index < -0.39 is 0 Å². The lowest BCUT2D eigenvalue weighted by Gasteiger charge is -2.50. The van der Waals surface area contributed by atoms with Gasteiger partial charge in [0, 0.05) is 25.1 Å². The molecule has 0 N–H and O–H groups in total. The third-order valence-electron chi connectivity index (χ3n) is 4.90. The van der Waals surface area contributed by atoms with Gasteiger partial charge in [0.2, 0.25) is 5.91 Å². The molecule has 0 aliphatic carbocycles. The molecule has 2 aliphatic rings. The van der Waals surface area contributed by atoms with Gasteiger partial charge in [0.15, 0.2) is 0 Å². The topological polar surface area (TPSA) is 38.8 Å². The second kappa shape index (κ2) is 7.60. The lowest BCUT2D eigenvalue weighted by molar-refractivity contribution is -0.163. The Bertz CT molecular complexity index is 530. The largest absolute Gasteiger partial charge is 0.377 e. The van der Waals surface area contributed by atoms with Crippen LogP contribution in [0.3, 0.4) is 0 Å². The molecule has 2 atom stereocenters. The number of thiophene rings is 1. The summed E-state index contributed by atoms with van der Waals surface area (Å²) in [7, 11) is 0. The smallest absolute Gasteiger partial charge is 0.227 e. The first-order chi connectivity index (χ1) is 11.2. The number of carbonyl (C=O) groups excluding carboxylic acids is 1. The molecule has 2 saturated heterocycles. The number of ether oxygens (including phenoxy) is 2. The highest BCUT2D eigenvalue weighted by atomic mass is 32.1. The molecule has 0 spiro atoms. The zero-order valence-corrected chi connectivity index (χ0v) is 14.4. The number of nitrogens with zero attached hydrogens (tertiary/aromatic N) is 1. The molecule has 2 aliphatic heterocycles. The third kappa shape index (κ3) is 3.84. The number of hydrogen-bond donors (Lipinski definition) is 0. The molecule has 3 heterocycles. The first-order valence-corrected chi connectivity index (χ1v) is 9.27. The molecule has 0 saturated carbocycles. The number of rotatable bonds is 6. The molecule has 0 aromatic carbocycles. The van der Waals surface area contributed by atoms with Crippen LogP contribution in [0.5, 0.6) is 0 Å². The van der Waals surface area contributed by atoms with Crippen LogP contribution in [-0.4, -0.2) is 49.8 Å². The fourth-order valence-electron chi connectivity index (χ4n) is 3.74. The fraction of sp³-hybridized carbons (Fsp3) is 0.611. The average Bonchev–Trinajstić information content (AvgIpc) is 3.07. The molecule has 5 heteroatoms. The van der Waals surface area contributed by atoms with Crippen LogP contribution in [0.25, 0.3) is 0 Å². The van der Waals surface area contributed by atoms with Gasteiger partial charge in [0.25, 0.3) is 0 Å². The minimum absolute atomic E-state index is 0.0518. The Kier molecular flexibility index (Phi) is 5.51. The Morgan fingerprint density at radius 3 is 3.30 bits per heavy atom. The van der Waals surface area contributed by atoms with Gasteiger partial charge in [-0.1, -0.05) is 6.08 Å². The number of likely N-dealkylation sites (tertiary alicyclic amines) is 1. The SMILES string of the molecule is C=CCOCC12CCCOC1CCN(C(=O)Cc1ccsc1)C2. The number of hydrogen-bond acceptors (Lipinski definition) is 4. The highest BCUT2D eigenvalue weighted by Gasteiger charge is 2.47. The van der Waals surface area contributed by atoms with Crippen LogP contribution >= 0.6 is 11.3 Å². The summed E-state index contributed by atoms with van der Waals surface area (Å²) in [6, 6.07) is 2.03. The first-order valence-electron chi connectivity index (χ1n) is 8.33. The average molecular weight is 335 g/mol. The van der Waals surface area contributed by atoms with Crippen molar-refractivity contribution in [1.29, 1.82) is 0 Å². The van der Waals surface area contributed by atoms with E-state index in [-0.39, 0.29) is 17.4 Å². The van der Waals surface area contributed by atoms with E-state index in [1.54, 1.807) is 17.4 Å². The van der Waals surface area contributed by atoms with Gasteiger partial charge >= 0.3 is 0 Å². The zero-order chi connectivity index (χ0) is 16.1. The maximum Gasteiger partial charge on any atom is 0.227 e. The molecule has 2 fully saturated rings. The Morgan fingerprint density at radius 1 is 1.61 bits per heavy atom. The second-order valence-electron chi connectivity index (χ2n) is 6.54. The van der Waals surface area contributed by atoms with E-state index in [1.807, 2.05) is 16.3 Å². The summed E-state index contributed by atoms with van der Waals surface area (Å²) < 4.78 is 11.8. The maximum atomic E-state index is 12.6. The quantitative estimate of drug-likeness (QED) is 0.593. The summed E-state index contributed by atoms with van der Waals surface area (Å²) >= 11 is 1.64. The Balaban J connectivity index is 1.67. The summed E-state index contributed by atoms with van der Waals surface area (Å²) in [6.45, 7) is 7.27. The summed E-state index contributed by atoms with van der Waals surface area (Å²) in [4.78, 5) is 14.7. The molecule has 1 amide bonds. The van der Waals surface area contributed by atoms with Crippen LogP contribution < -0.4 is 0 Å². The van der Waals surface area contributed by atoms with E-state index in [2.05, 4.69) is 12.0 Å². The van der Waals surface area contributed by atoms with Crippen molar-refractivity contribution in [2.45, 2.75) is 31.8 Å². The van der Waals surface area contributed by atoms with Crippen LogP contribution in [0.15, 0.2) is 29.5 Å². The molecule has 4 nitrogen and oxygen atoms in total. The highest BCUT2D eigenvalue weighted by molar-refractivity contribution is 7.07. The van der Waals surface area contributed by atoms with Crippen LogP contribution in [0.2, 0.25) is 0 Å². The van der Waals surface area contributed by atoms with Gasteiger partial charge < -0.3 is 14.4 Å². The molecule has 23 heavy (non-hydrogen) atoms. The van der Waals surface area contributed by atoms with E-state index in [4.69, 9.17) is 9.47 Å². The monoisotopic (exact) mass is 335 g/mol. The van der Waals surface area contributed by atoms with Crippen molar-refractivity contribution in [2.24, 2.45) is 5.41 Å². The molecular formula is C18H25NO3S. The molecular weight excluding hydrogens is 310 g/mol. The summed E-state index contributed by atoms with van der Waals surface area (Å²) in [5.41, 5.74) is 1.06. The van der Waals surface area contributed by atoms with Gasteiger partial charge in [-0.15, -0.1) is 6.58 Å². The van der Waals surface area contributed by atoms with Crippen molar-refractivity contribution in [3.8, 4) is 0 Å². The minimum atomic E-state index is -0.0518. The predicted molar refractivity (Wildman–Crippen MR) is 91.6 cm³/mol. The number of fused-ring (bicyclic) bond motifs is 1. The van der Waals surface area contributed by atoms with Gasteiger partial charge in [-0.2, -0.15) is 11.3 Å². The Hall–Kier alpha value is -1.17. The summed E-state index contributed by atoms with van der Waals surface area (Å²) in [6.07, 6.45) is 5.51. The first kappa shape index (κ1) is 16.7. The summed E-state index contributed by atoms with van der Waals surface area (Å²) in [5.74, 6) is 0.218. The van der Waals surface area contributed by atoms with E-state index in [0.29, 0.717) is 19.6 Å². The minimum Gasteiger partial charge on any atom is -0.377 e. The molecule has 2 unspecified atom stereocenters. The number of piperidine rings is 1. The van der Waals surface area contributed by atoms with Gasteiger partial charge in [0.05, 0.1) is 25.7 Å². The highest BCUT2D eigenvalue weighted by Crippen LogP contribution is 2.40. The van der Waals surface area contributed by atoms with Crippen LogP contribution in [0, 0.1) is 5.41 Å². The van der Waals surface area contributed by atoms with E-state index >= 15 is 0 Å². The van der Waals surface area contributed by atoms with Crippen molar-refractivity contribution < 1.29 is 14.3 Å². The number of amides is 1. The van der Waals surface area contributed by atoms with Crippen LogP contribution in [0.4, 0.5) is 0 Å². The zero-order valence-electron chi connectivity index (χ0n) is 13.5. The normalized spacial score (nSPS) is 27.5. The Morgan fingerprint density at radius 2 is 2.52 bits per heavy atom. The third-order valence-corrected chi connectivity index (χ3v) is 5.63. The molecule has 126 valence electrons. The molecule has 1 aromatic heterocycles. The molecule has 0 radical (unpaired) electrons. The maximum absolute atomic E-state index is 12.6. The summed E-state index contributed by atoms with van der Waals surface area (Å²) in [5, 5.41) is 4.08. The Labute approximate surface area is 142 Å². The van der Waals surface area contributed by atoms with Crippen molar-refractivity contribution in [3.05, 3.63) is 35.0 Å².